The molecular weight excluding hydrogens is 288 g/mol. The molecule has 0 aliphatic carbocycles. The van der Waals surface area contributed by atoms with Gasteiger partial charge < -0.3 is 20.7 Å². The lowest BCUT2D eigenvalue weighted by Gasteiger charge is -2.32. The number of nitrogens with one attached hydrogen (secondary N) is 3. The molecule has 0 radical (unpaired) electrons. The van der Waals surface area contributed by atoms with Gasteiger partial charge in [-0.05, 0) is 0 Å². The number of nitrogens with zero attached hydrogens (tertiary/aromatic N) is 1. The maximum atomic E-state index is 11.9. The van der Waals surface area contributed by atoms with Gasteiger partial charge in [0.1, 0.15) is 12.6 Å². The summed E-state index contributed by atoms with van der Waals surface area (Å²) in [7, 11) is 0. The van der Waals surface area contributed by atoms with E-state index in [-0.39, 0.29) is 24.5 Å². The maximum absolute atomic E-state index is 11.9. The molecule has 2 heterocycles. The fourth-order valence-corrected chi connectivity index (χ4v) is 2.33. The van der Waals surface area contributed by atoms with E-state index >= 15 is 0 Å². The van der Waals surface area contributed by atoms with E-state index in [1.807, 2.05) is 0 Å². The Balaban J connectivity index is 2.00. The molecule has 1 fully saturated rings. The van der Waals surface area contributed by atoms with Crippen LogP contribution in [0.3, 0.4) is 0 Å². The van der Waals surface area contributed by atoms with Gasteiger partial charge in [-0.15, -0.1) is 0 Å². The summed E-state index contributed by atoms with van der Waals surface area (Å²) in [6.07, 6.45) is 0. The fraction of sp³-hybridized carbons (Fsp3) is 0.400. The summed E-state index contributed by atoms with van der Waals surface area (Å²) in [5.74, 6) is -1.61. The molecule has 2 rings (SSSR count). The number of carboxylic acids is 1. The van der Waals surface area contributed by atoms with Crippen molar-refractivity contribution in [2.75, 3.05) is 13.1 Å². The van der Waals surface area contributed by atoms with Crippen LogP contribution in [0.2, 0.25) is 0 Å². The Morgan fingerprint density at radius 3 is 2.85 bits per heavy atom. The Hall–Kier alpha value is -2.36. The summed E-state index contributed by atoms with van der Waals surface area (Å²) in [4.78, 5) is 48.4. The highest BCUT2D eigenvalue weighted by Gasteiger charge is 2.35. The zero-order valence-electron chi connectivity index (χ0n) is 10.2. The monoisotopic (exact) mass is 300 g/mol. The van der Waals surface area contributed by atoms with Crippen molar-refractivity contribution in [1.82, 2.24) is 20.5 Å². The number of H-pyrrole nitrogens is 1. The molecule has 0 saturated carbocycles. The van der Waals surface area contributed by atoms with Gasteiger partial charge in [-0.25, -0.2) is 9.59 Å². The molecule has 1 unspecified atom stereocenters. The highest BCUT2D eigenvalue weighted by atomic mass is 32.1. The number of aromatic nitrogens is 1. The second-order valence-corrected chi connectivity index (χ2v) is 4.96. The zero-order valence-corrected chi connectivity index (χ0v) is 11.0. The van der Waals surface area contributed by atoms with Gasteiger partial charge in [0, 0.05) is 17.6 Å². The Morgan fingerprint density at radius 2 is 2.25 bits per heavy atom. The minimum atomic E-state index is -1.19. The van der Waals surface area contributed by atoms with Crippen LogP contribution in [0.1, 0.15) is 5.69 Å². The molecule has 0 aromatic carbocycles. The third-order valence-electron chi connectivity index (χ3n) is 2.73. The number of aromatic amines is 1. The Morgan fingerprint density at radius 1 is 1.50 bits per heavy atom. The third kappa shape index (κ3) is 3.15. The van der Waals surface area contributed by atoms with Gasteiger partial charge in [-0.1, -0.05) is 11.3 Å². The second-order valence-electron chi connectivity index (χ2n) is 4.12. The van der Waals surface area contributed by atoms with Crippen LogP contribution in [-0.4, -0.2) is 52.0 Å². The third-order valence-corrected chi connectivity index (χ3v) is 3.45. The molecule has 1 aliphatic heterocycles. The van der Waals surface area contributed by atoms with Crippen molar-refractivity contribution < 1.29 is 19.5 Å². The van der Waals surface area contributed by atoms with E-state index in [1.54, 1.807) is 5.38 Å². The van der Waals surface area contributed by atoms with Crippen molar-refractivity contribution >= 4 is 29.2 Å². The number of hydrogen-bond donors (Lipinski definition) is 4. The molecule has 9 nitrogen and oxygen atoms in total. The molecule has 1 atom stereocenters. The van der Waals surface area contributed by atoms with Crippen LogP contribution in [0.5, 0.6) is 0 Å². The number of hydrogen-bond acceptors (Lipinski definition) is 5. The van der Waals surface area contributed by atoms with E-state index in [1.165, 1.54) is 0 Å². The minimum absolute atomic E-state index is 0.0576. The van der Waals surface area contributed by atoms with Crippen LogP contribution >= 0.6 is 11.3 Å². The first kappa shape index (κ1) is 14.1. The summed E-state index contributed by atoms with van der Waals surface area (Å²) < 4.78 is 0. The van der Waals surface area contributed by atoms with Gasteiger partial charge in [0.05, 0.1) is 6.54 Å². The van der Waals surface area contributed by atoms with E-state index in [0.29, 0.717) is 5.69 Å². The fourth-order valence-electron chi connectivity index (χ4n) is 1.75. The number of thiazole rings is 1. The standard InChI is InChI=1S/C10H12N4O5S/c15-7-3-14(6(2-11-7)8(16)17)9(18)12-1-5-4-20-10(19)13-5/h4,6H,1-3H2,(H,11,15)(H,12,18)(H,13,19)(H,16,17). The number of urea groups is 1. The Bertz CT molecular complexity index is 594. The number of carbonyl (C=O) groups is 3. The molecule has 10 heteroatoms. The van der Waals surface area contributed by atoms with E-state index < -0.39 is 23.9 Å². The van der Waals surface area contributed by atoms with Crippen LogP contribution in [0.25, 0.3) is 0 Å². The summed E-state index contributed by atoms with van der Waals surface area (Å²) in [5.41, 5.74) is 0.515. The van der Waals surface area contributed by atoms with Crippen LogP contribution < -0.4 is 15.5 Å². The van der Waals surface area contributed by atoms with Crippen LogP contribution in [0.15, 0.2) is 10.2 Å². The Kier molecular flexibility index (Phi) is 4.03. The lowest BCUT2D eigenvalue weighted by molar-refractivity contribution is -0.144. The van der Waals surface area contributed by atoms with Crippen molar-refractivity contribution in [1.29, 1.82) is 0 Å². The lowest BCUT2D eigenvalue weighted by atomic mass is 10.2. The maximum Gasteiger partial charge on any atom is 0.328 e. The van der Waals surface area contributed by atoms with E-state index in [9.17, 15) is 19.2 Å². The van der Waals surface area contributed by atoms with Crippen LogP contribution in [0.4, 0.5) is 4.79 Å². The van der Waals surface area contributed by atoms with Crippen molar-refractivity contribution in [2.45, 2.75) is 12.6 Å². The lowest BCUT2D eigenvalue weighted by Crippen LogP contribution is -2.61. The molecule has 3 amide bonds. The number of amides is 3. The highest BCUT2D eigenvalue weighted by molar-refractivity contribution is 7.07. The smallest absolute Gasteiger partial charge is 0.328 e. The van der Waals surface area contributed by atoms with Crippen molar-refractivity contribution in [3.8, 4) is 0 Å². The molecule has 108 valence electrons. The van der Waals surface area contributed by atoms with E-state index in [2.05, 4.69) is 15.6 Å². The first-order valence-electron chi connectivity index (χ1n) is 5.68. The number of piperazine rings is 1. The van der Waals surface area contributed by atoms with Crippen molar-refractivity contribution in [2.24, 2.45) is 0 Å². The summed E-state index contributed by atoms with van der Waals surface area (Å²) in [6.45, 7) is -0.387. The first-order valence-corrected chi connectivity index (χ1v) is 6.56. The van der Waals surface area contributed by atoms with E-state index in [0.717, 1.165) is 16.2 Å². The SMILES string of the molecule is O=C1CN(C(=O)NCc2csc(=O)[nH]2)C(C(=O)O)CN1. The predicted molar refractivity (Wildman–Crippen MR) is 68.3 cm³/mol. The second kappa shape index (κ2) is 5.74. The first-order chi connectivity index (χ1) is 9.47. The normalized spacial score (nSPS) is 18.5. The average Bonchev–Trinajstić information content (AvgIpc) is 2.81. The number of carboxylic acid groups (broad SMARTS) is 1. The van der Waals surface area contributed by atoms with Gasteiger partial charge in [-0.3, -0.25) is 14.5 Å². The molecule has 0 spiro atoms. The van der Waals surface area contributed by atoms with Gasteiger partial charge in [0.15, 0.2) is 0 Å². The van der Waals surface area contributed by atoms with Gasteiger partial charge in [0.2, 0.25) is 5.91 Å². The van der Waals surface area contributed by atoms with Crippen LogP contribution in [-0.2, 0) is 16.1 Å². The largest absolute Gasteiger partial charge is 0.480 e. The molecule has 1 aromatic heterocycles. The molecule has 1 aliphatic rings. The quantitative estimate of drug-likeness (QED) is 0.541. The number of aliphatic carboxylic acids is 1. The average molecular weight is 300 g/mol. The predicted octanol–water partition coefficient (Wildman–Crippen LogP) is -1.47. The highest BCUT2D eigenvalue weighted by Crippen LogP contribution is 2.05. The molecule has 0 bridgehead atoms. The van der Waals surface area contributed by atoms with Crippen LogP contribution in [0, 0.1) is 0 Å². The summed E-state index contributed by atoms with van der Waals surface area (Å²) in [5, 5.41) is 15.4. The molecule has 20 heavy (non-hydrogen) atoms. The van der Waals surface area contributed by atoms with Crippen molar-refractivity contribution in [3.05, 3.63) is 20.7 Å². The summed E-state index contributed by atoms with van der Waals surface area (Å²) >= 11 is 0.963. The molecule has 4 N–H and O–H groups in total. The number of carbonyl (C=O) groups excluding carboxylic acids is 2. The Labute approximate surface area is 116 Å². The molecular formula is C10H12N4O5S. The molecule has 1 aromatic rings. The van der Waals surface area contributed by atoms with Crippen molar-refractivity contribution in [3.63, 3.8) is 0 Å². The van der Waals surface area contributed by atoms with E-state index in [4.69, 9.17) is 5.11 Å². The summed E-state index contributed by atoms with van der Waals surface area (Å²) in [6, 6.07) is -1.77. The minimum Gasteiger partial charge on any atom is -0.480 e. The molecule has 1 saturated heterocycles. The topological polar surface area (TPSA) is 132 Å². The van der Waals surface area contributed by atoms with Gasteiger partial charge in [-0.2, -0.15) is 0 Å². The van der Waals surface area contributed by atoms with Gasteiger partial charge in [0.25, 0.3) is 0 Å². The van der Waals surface area contributed by atoms with Gasteiger partial charge >= 0.3 is 16.9 Å². The zero-order chi connectivity index (χ0) is 14.7. The number of rotatable bonds is 3.